The number of carbonyl (C=O) groups is 2. The molecule has 0 radical (unpaired) electrons. The second-order valence-corrected chi connectivity index (χ2v) is 7.27. The van der Waals surface area contributed by atoms with Crippen LogP contribution in [-0.2, 0) is 0 Å². The third-order valence-corrected chi connectivity index (χ3v) is 5.34. The van der Waals surface area contributed by atoms with E-state index in [1.807, 2.05) is 11.8 Å². The largest absolute Gasteiger partial charge is 0.478 e. The molecule has 2 aliphatic carbocycles. The molecule has 21 heavy (non-hydrogen) atoms. The number of rotatable bonds is 5. The first-order chi connectivity index (χ1) is 9.97. The highest BCUT2D eigenvalue weighted by Crippen LogP contribution is 2.36. The average Bonchev–Trinajstić information content (AvgIpc) is 3.28. The summed E-state index contributed by atoms with van der Waals surface area (Å²) < 4.78 is 0. The number of hydrogen-bond donors (Lipinski definition) is 2. The van der Waals surface area contributed by atoms with Crippen molar-refractivity contribution in [3.05, 3.63) is 16.0 Å². The van der Waals surface area contributed by atoms with Crippen molar-refractivity contribution in [3.8, 4) is 0 Å². The molecule has 2 saturated carbocycles. The Morgan fingerprint density at radius 3 is 2.48 bits per heavy atom. The number of carboxylic acids is 1. The van der Waals surface area contributed by atoms with Crippen LogP contribution in [0.15, 0.2) is 0 Å². The molecule has 6 heteroatoms. The van der Waals surface area contributed by atoms with Crippen LogP contribution in [-0.4, -0.2) is 34.6 Å². The van der Waals surface area contributed by atoms with Gasteiger partial charge >= 0.3 is 12.0 Å². The quantitative estimate of drug-likeness (QED) is 0.875. The van der Waals surface area contributed by atoms with E-state index in [1.54, 1.807) is 6.92 Å². The van der Waals surface area contributed by atoms with Gasteiger partial charge in [-0.1, -0.05) is 0 Å². The maximum Gasteiger partial charge on any atom is 0.338 e. The van der Waals surface area contributed by atoms with Gasteiger partial charge in [0.25, 0.3) is 0 Å². The fraction of sp³-hybridized carbons (Fsp3) is 0.600. The van der Waals surface area contributed by atoms with Crippen molar-refractivity contribution in [1.82, 2.24) is 4.90 Å². The van der Waals surface area contributed by atoms with Crippen LogP contribution in [0.3, 0.4) is 0 Å². The Bertz CT molecular complexity index is 588. The van der Waals surface area contributed by atoms with E-state index < -0.39 is 5.97 Å². The van der Waals surface area contributed by atoms with Crippen molar-refractivity contribution in [2.75, 3.05) is 11.9 Å². The summed E-state index contributed by atoms with van der Waals surface area (Å²) in [5.74, 6) is -0.339. The number of amides is 2. The molecule has 0 unspecified atom stereocenters. The summed E-state index contributed by atoms with van der Waals surface area (Å²) in [6, 6.07) is 0.203. The molecule has 114 valence electrons. The monoisotopic (exact) mass is 308 g/mol. The third-order valence-electron chi connectivity index (χ3n) is 4.22. The van der Waals surface area contributed by atoms with Gasteiger partial charge in [0.2, 0.25) is 0 Å². The third kappa shape index (κ3) is 3.05. The lowest BCUT2D eigenvalue weighted by Gasteiger charge is -2.22. The number of urea groups is 1. The molecule has 5 nitrogen and oxygen atoms in total. The topological polar surface area (TPSA) is 69.6 Å². The van der Waals surface area contributed by atoms with Crippen LogP contribution in [0.2, 0.25) is 0 Å². The van der Waals surface area contributed by atoms with E-state index in [2.05, 4.69) is 5.32 Å². The summed E-state index contributed by atoms with van der Waals surface area (Å²) in [6.07, 6.45) is 4.53. The van der Waals surface area contributed by atoms with Crippen LogP contribution < -0.4 is 5.32 Å². The Labute approximate surface area is 128 Å². The van der Waals surface area contributed by atoms with Crippen LogP contribution in [0.4, 0.5) is 9.80 Å². The van der Waals surface area contributed by atoms with E-state index in [4.69, 9.17) is 0 Å². The van der Waals surface area contributed by atoms with Gasteiger partial charge in [0.05, 0.1) is 5.56 Å². The normalized spacial score (nSPS) is 17.6. The second kappa shape index (κ2) is 5.33. The predicted octanol–water partition coefficient (Wildman–Crippen LogP) is 3.47. The predicted molar refractivity (Wildman–Crippen MR) is 82.2 cm³/mol. The van der Waals surface area contributed by atoms with Crippen molar-refractivity contribution in [2.45, 2.75) is 45.6 Å². The van der Waals surface area contributed by atoms with Crippen LogP contribution >= 0.6 is 11.3 Å². The van der Waals surface area contributed by atoms with E-state index in [0.29, 0.717) is 17.0 Å². The van der Waals surface area contributed by atoms with Crippen molar-refractivity contribution in [2.24, 2.45) is 5.92 Å². The van der Waals surface area contributed by atoms with E-state index in [1.165, 1.54) is 24.2 Å². The molecule has 0 spiro atoms. The summed E-state index contributed by atoms with van der Waals surface area (Å²) in [5, 5.41) is 12.6. The molecule has 1 aromatic rings. The SMILES string of the molecule is Cc1sc(NC(=O)N(CC2CC2)C2CC2)c(C(=O)O)c1C. The first-order valence-electron chi connectivity index (χ1n) is 7.38. The maximum absolute atomic E-state index is 12.5. The van der Waals surface area contributed by atoms with Crippen LogP contribution in [0.25, 0.3) is 0 Å². The number of thiophene rings is 1. The lowest BCUT2D eigenvalue weighted by Crippen LogP contribution is -2.38. The number of carboxylic acid groups (broad SMARTS) is 1. The van der Waals surface area contributed by atoms with E-state index in [9.17, 15) is 14.7 Å². The molecule has 0 atom stereocenters. The van der Waals surface area contributed by atoms with E-state index in [0.717, 1.165) is 29.8 Å². The van der Waals surface area contributed by atoms with Gasteiger partial charge in [-0.25, -0.2) is 9.59 Å². The highest BCUT2D eigenvalue weighted by Gasteiger charge is 2.37. The van der Waals surface area contributed by atoms with Crippen molar-refractivity contribution in [3.63, 3.8) is 0 Å². The highest BCUT2D eigenvalue weighted by molar-refractivity contribution is 7.16. The molecular weight excluding hydrogens is 288 g/mol. The molecule has 0 saturated heterocycles. The molecular formula is C15H20N2O3S. The summed E-state index contributed by atoms with van der Waals surface area (Å²) in [5.41, 5.74) is 0.969. The van der Waals surface area contributed by atoms with E-state index in [-0.39, 0.29) is 11.6 Å². The number of hydrogen-bond acceptors (Lipinski definition) is 3. The molecule has 2 N–H and O–H groups in total. The van der Waals surface area contributed by atoms with Gasteiger partial charge in [-0.3, -0.25) is 5.32 Å². The molecule has 2 aliphatic rings. The summed E-state index contributed by atoms with van der Waals surface area (Å²) in [4.78, 5) is 26.7. The molecule has 3 rings (SSSR count). The summed E-state index contributed by atoms with van der Waals surface area (Å²) in [6.45, 7) is 4.47. The molecule has 2 fully saturated rings. The standard InChI is InChI=1S/C15H20N2O3S/c1-8-9(2)21-13(12(8)14(18)19)16-15(20)17(11-5-6-11)7-10-3-4-10/h10-11H,3-7H2,1-2H3,(H,16,20)(H,18,19). The van der Waals surface area contributed by atoms with E-state index >= 15 is 0 Å². The minimum atomic E-state index is -0.979. The van der Waals surface area contributed by atoms with Crippen molar-refractivity contribution in [1.29, 1.82) is 0 Å². The number of nitrogens with one attached hydrogen (secondary N) is 1. The summed E-state index contributed by atoms with van der Waals surface area (Å²) in [7, 11) is 0. The lowest BCUT2D eigenvalue weighted by molar-refractivity contribution is 0.0697. The van der Waals surface area contributed by atoms with Crippen LogP contribution in [0, 0.1) is 19.8 Å². The van der Waals surface area contributed by atoms with Gasteiger partial charge in [-0.15, -0.1) is 11.3 Å². The first kappa shape index (κ1) is 14.4. The minimum absolute atomic E-state index is 0.145. The van der Waals surface area contributed by atoms with Gasteiger partial charge in [-0.2, -0.15) is 0 Å². The molecule has 0 aliphatic heterocycles. The highest BCUT2D eigenvalue weighted by atomic mass is 32.1. The van der Waals surface area contributed by atoms with Gasteiger partial charge in [0.1, 0.15) is 5.00 Å². The zero-order valence-electron chi connectivity index (χ0n) is 12.3. The number of aromatic carboxylic acids is 1. The lowest BCUT2D eigenvalue weighted by atomic mass is 10.1. The number of carbonyl (C=O) groups excluding carboxylic acids is 1. The number of nitrogens with zero attached hydrogens (tertiary/aromatic N) is 1. The molecule has 1 heterocycles. The van der Waals surface area contributed by atoms with Gasteiger partial charge < -0.3 is 10.0 Å². The molecule has 2 amide bonds. The zero-order valence-corrected chi connectivity index (χ0v) is 13.1. The smallest absolute Gasteiger partial charge is 0.338 e. The Morgan fingerprint density at radius 1 is 1.29 bits per heavy atom. The van der Waals surface area contributed by atoms with Crippen molar-refractivity contribution >= 4 is 28.3 Å². The Morgan fingerprint density at radius 2 is 1.95 bits per heavy atom. The average molecular weight is 308 g/mol. The fourth-order valence-corrected chi connectivity index (χ4v) is 3.55. The maximum atomic E-state index is 12.5. The van der Waals surface area contributed by atoms with Crippen molar-refractivity contribution < 1.29 is 14.7 Å². The van der Waals surface area contributed by atoms with Gasteiger partial charge in [0, 0.05) is 17.5 Å². The van der Waals surface area contributed by atoms with Gasteiger partial charge in [-0.05, 0) is 51.0 Å². The first-order valence-corrected chi connectivity index (χ1v) is 8.20. The van der Waals surface area contributed by atoms with Crippen LogP contribution in [0.5, 0.6) is 0 Å². The minimum Gasteiger partial charge on any atom is -0.478 e. The molecule has 0 bridgehead atoms. The second-order valence-electron chi connectivity index (χ2n) is 6.05. The van der Waals surface area contributed by atoms with Gasteiger partial charge in [0.15, 0.2) is 0 Å². The Balaban J connectivity index is 1.76. The Kier molecular flexibility index (Phi) is 3.65. The number of anilines is 1. The molecule has 0 aromatic carbocycles. The summed E-state index contributed by atoms with van der Waals surface area (Å²) >= 11 is 1.34. The zero-order chi connectivity index (χ0) is 15.1. The fourth-order valence-electron chi connectivity index (χ4n) is 2.50. The number of aryl methyl sites for hydroxylation is 1. The molecule has 1 aromatic heterocycles. The Hall–Kier alpha value is -1.56. The van der Waals surface area contributed by atoms with Crippen LogP contribution in [0.1, 0.15) is 46.5 Å².